The maximum atomic E-state index is 11.6. The molecule has 27 heavy (non-hydrogen) atoms. The summed E-state index contributed by atoms with van der Waals surface area (Å²) in [7, 11) is 0. The van der Waals surface area contributed by atoms with E-state index in [1.807, 2.05) is 16.8 Å². The molecule has 1 saturated heterocycles. The van der Waals surface area contributed by atoms with Gasteiger partial charge in [-0.1, -0.05) is 19.1 Å². The number of hydrogen-bond acceptors (Lipinski definition) is 4. The van der Waals surface area contributed by atoms with Gasteiger partial charge >= 0.3 is 0 Å². The zero-order valence-corrected chi connectivity index (χ0v) is 15.6. The van der Waals surface area contributed by atoms with Crippen LogP contribution in [0.2, 0.25) is 0 Å². The highest BCUT2D eigenvalue weighted by Crippen LogP contribution is 2.26. The smallest absolute Gasteiger partial charge is 0.252 e. The first-order valence-corrected chi connectivity index (χ1v) is 9.57. The second-order valence-corrected chi connectivity index (χ2v) is 6.97. The number of hydrogen-bond donors (Lipinski definition) is 1. The highest BCUT2D eigenvalue weighted by molar-refractivity contribution is 5.98. The third-order valence-corrected chi connectivity index (χ3v) is 5.07. The minimum Gasteiger partial charge on any atom is -0.365 e. The molecule has 1 aromatic carbocycles. The summed E-state index contributed by atoms with van der Waals surface area (Å²) in [5, 5.41) is 4.84. The Morgan fingerprint density at radius 1 is 1.19 bits per heavy atom. The monoisotopic (exact) mass is 363 g/mol. The van der Waals surface area contributed by atoms with E-state index in [-0.39, 0.29) is 0 Å². The first-order valence-electron chi connectivity index (χ1n) is 9.57. The van der Waals surface area contributed by atoms with Crippen LogP contribution in [0.25, 0.3) is 16.9 Å². The van der Waals surface area contributed by atoms with Gasteiger partial charge in [-0.15, -0.1) is 0 Å². The maximum Gasteiger partial charge on any atom is 0.252 e. The molecule has 0 bridgehead atoms. The Hall–Kier alpha value is -2.86. The number of nitrogens with two attached hydrogens (primary N) is 1. The van der Waals surface area contributed by atoms with Gasteiger partial charge in [0.2, 0.25) is 0 Å². The molecule has 2 N–H and O–H groups in total. The number of nitrogens with zero attached hydrogens (tertiary/aromatic N) is 4. The molecule has 3 heterocycles. The van der Waals surface area contributed by atoms with Crippen LogP contribution in [0.1, 0.15) is 36.5 Å². The number of amides is 1. The van der Waals surface area contributed by atoms with Crippen LogP contribution in [0.15, 0.2) is 48.8 Å². The largest absolute Gasteiger partial charge is 0.365 e. The number of aromatic nitrogens is 2. The van der Waals surface area contributed by atoms with Crippen molar-refractivity contribution < 1.29 is 4.79 Å². The fraction of sp³-hybridized carbons (Fsp3) is 0.333. The number of carbonyl (C=O) groups is 1. The average Bonchev–Trinajstić information content (AvgIpc) is 3.35. The minimum atomic E-state index is -0.464. The van der Waals surface area contributed by atoms with Crippen LogP contribution >= 0.6 is 0 Å². The number of fused-ring (bicyclic) bond motifs is 1. The lowest BCUT2D eigenvalue weighted by molar-refractivity contribution is 0.100. The predicted molar refractivity (Wildman–Crippen MR) is 108 cm³/mol. The van der Waals surface area contributed by atoms with Crippen molar-refractivity contribution in [2.75, 3.05) is 24.6 Å². The van der Waals surface area contributed by atoms with Gasteiger partial charge in [-0.3, -0.25) is 4.79 Å². The second kappa shape index (κ2) is 7.40. The van der Waals surface area contributed by atoms with E-state index in [4.69, 9.17) is 5.73 Å². The summed E-state index contributed by atoms with van der Waals surface area (Å²) in [6.07, 6.45) is 7.45. The number of primary amides is 1. The highest BCUT2D eigenvalue weighted by Gasteiger charge is 2.19. The second-order valence-electron chi connectivity index (χ2n) is 6.97. The normalized spacial score (nSPS) is 14.7. The molecule has 0 unspecified atom stereocenters. The predicted octanol–water partition coefficient (Wildman–Crippen LogP) is 3.33. The Labute approximate surface area is 159 Å². The zero-order chi connectivity index (χ0) is 18.8. The van der Waals surface area contributed by atoms with E-state index in [9.17, 15) is 4.79 Å². The van der Waals surface area contributed by atoms with Gasteiger partial charge in [0.05, 0.1) is 16.9 Å². The van der Waals surface area contributed by atoms with Crippen molar-refractivity contribution in [2.24, 2.45) is 5.73 Å². The lowest BCUT2D eigenvalue weighted by atomic mass is 10.1. The quantitative estimate of drug-likeness (QED) is 0.729. The van der Waals surface area contributed by atoms with E-state index in [0.717, 1.165) is 37.3 Å². The molecule has 3 aromatic rings. The van der Waals surface area contributed by atoms with Crippen molar-refractivity contribution in [1.82, 2.24) is 14.4 Å². The van der Waals surface area contributed by atoms with Gasteiger partial charge in [-0.25, -0.2) is 9.99 Å². The summed E-state index contributed by atoms with van der Waals surface area (Å²) in [5.41, 5.74) is 9.56. The molecule has 1 aliphatic heterocycles. The fourth-order valence-corrected chi connectivity index (χ4v) is 3.74. The van der Waals surface area contributed by atoms with Gasteiger partial charge in [-0.05, 0) is 43.5 Å². The van der Waals surface area contributed by atoms with Crippen molar-refractivity contribution in [3.63, 3.8) is 0 Å². The van der Waals surface area contributed by atoms with Gasteiger partial charge in [-0.2, -0.15) is 0 Å². The number of carbonyl (C=O) groups excluding carboxylic acids is 1. The maximum absolute atomic E-state index is 11.6. The molecule has 4 rings (SSSR count). The molecular formula is C21H25N5O. The molecule has 140 valence electrons. The lowest BCUT2D eigenvalue weighted by Crippen LogP contribution is -2.41. The summed E-state index contributed by atoms with van der Waals surface area (Å²) in [5.74, 6) is -0.464. The van der Waals surface area contributed by atoms with Gasteiger partial charge in [0.15, 0.2) is 0 Å². The van der Waals surface area contributed by atoms with Crippen LogP contribution in [0, 0.1) is 0 Å². The Balaban J connectivity index is 1.64. The van der Waals surface area contributed by atoms with Crippen LogP contribution in [0.5, 0.6) is 0 Å². The molecule has 6 nitrogen and oxygen atoms in total. The number of anilines is 1. The molecule has 6 heteroatoms. The van der Waals surface area contributed by atoms with Crippen LogP contribution in [0.3, 0.4) is 0 Å². The molecular weight excluding hydrogens is 338 g/mol. The molecule has 2 aromatic heterocycles. The van der Waals surface area contributed by atoms with Gasteiger partial charge in [0.25, 0.3) is 5.91 Å². The molecule has 0 atom stereocenters. The molecule has 0 saturated carbocycles. The first kappa shape index (κ1) is 17.5. The Morgan fingerprint density at radius 2 is 1.93 bits per heavy atom. The highest BCUT2D eigenvalue weighted by atomic mass is 16.1. The number of pyridine rings is 1. The van der Waals surface area contributed by atoms with Crippen LogP contribution in [-0.2, 0) is 0 Å². The Morgan fingerprint density at radius 3 is 2.59 bits per heavy atom. The topological polar surface area (TPSA) is 66.9 Å². The minimum absolute atomic E-state index is 0.434. The Kier molecular flexibility index (Phi) is 4.81. The lowest BCUT2D eigenvalue weighted by Gasteiger charge is -2.33. The van der Waals surface area contributed by atoms with Crippen molar-refractivity contribution >= 4 is 17.2 Å². The standard InChI is InChI=1S/C21H25N5O/c1-2-11-26(25-13-3-4-14-25)17-9-7-16(8-10-17)19-15-24-12-5-6-18(20(22)27)21(24)23-19/h5-10,12,15H,2-4,11,13-14H2,1H3,(H2,22,27). The summed E-state index contributed by atoms with van der Waals surface area (Å²) < 4.78 is 1.84. The van der Waals surface area contributed by atoms with Crippen LogP contribution in [0.4, 0.5) is 5.69 Å². The Bertz CT molecular complexity index is 941. The van der Waals surface area contributed by atoms with E-state index in [0.29, 0.717) is 11.2 Å². The van der Waals surface area contributed by atoms with Crippen molar-refractivity contribution in [2.45, 2.75) is 26.2 Å². The fourth-order valence-electron chi connectivity index (χ4n) is 3.74. The number of imidazole rings is 1. The van der Waals surface area contributed by atoms with Gasteiger partial charge < -0.3 is 15.1 Å². The third kappa shape index (κ3) is 3.40. The van der Waals surface area contributed by atoms with Crippen LogP contribution in [-0.4, -0.2) is 39.9 Å². The van der Waals surface area contributed by atoms with Crippen molar-refractivity contribution in [3.8, 4) is 11.3 Å². The van der Waals surface area contributed by atoms with Gasteiger partial charge in [0.1, 0.15) is 5.65 Å². The molecule has 0 spiro atoms. The molecule has 1 aliphatic rings. The average molecular weight is 363 g/mol. The van der Waals surface area contributed by atoms with Crippen LogP contribution < -0.4 is 10.7 Å². The molecule has 0 radical (unpaired) electrons. The number of benzene rings is 1. The SMILES string of the molecule is CCCN(c1ccc(-c2cn3cccc(C(N)=O)c3n2)cc1)N1CCCC1. The van der Waals surface area contributed by atoms with Crippen molar-refractivity contribution in [3.05, 3.63) is 54.4 Å². The van der Waals surface area contributed by atoms with E-state index in [1.54, 1.807) is 12.1 Å². The summed E-state index contributed by atoms with van der Waals surface area (Å²) >= 11 is 0. The van der Waals surface area contributed by atoms with Gasteiger partial charge in [0, 0.05) is 37.6 Å². The number of rotatable bonds is 6. The van der Waals surface area contributed by atoms with E-state index in [2.05, 4.69) is 46.2 Å². The van der Waals surface area contributed by atoms with E-state index >= 15 is 0 Å². The number of hydrazine groups is 1. The zero-order valence-electron chi connectivity index (χ0n) is 15.6. The molecule has 1 fully saturated rings. The van der Waals surface area contributed by atoms with E-state index in [1.165, 1.54) is 18.5 Å². The van der Waals surface area contributed by atoms with E-state index < -0.39 is 5.91 Å². The summed E-state index contributed by atoms with van der Waals surface area (Å²) in [6, 6.07) is 12.0. The summed E-state index contributed by atoms with van der Waals surface area (Å²) in [4.78, 5) is 16.3. The molecule has 1 amide bonds. The molecule has 0 aliphatic carbocycles. The summed E-state index contributed by atoms with van der Waals surface area (Å²) in [6.45, 7) is 5.49. The van der Waals surface area contributed by atoms with Crippen molar-refractivity contribution in [1.29, 1.82) is 0 Å². The third-order valence-electron chi connectivity index (χ3n) is 5.07. The first-order chi connectivity index (χ1) is 13.2.